The van der Waals surface area contributed by atoms with E-state index in [0.717, 1.165) is 5.56 Å². The molecule has 1 aromatic rings. The van der Waals surface area contributed by atoms with Gasteiger partial charge in [-0.3, -0.25) is 4.79 Å². The van der Waals surface area contributed by atoms with E-state index in [1.165, 1.54) is 12.1 Å². The first-order valence-electron chi connectivity index (χ1n) is 5.94. The minimum Gasteiger partial charge on any atom is -0.392 e. The van der Waals surface area contributed by atoms with Crippen LogP contribution in [0.15, 0.2) is 18.2 Å². The van der Waals surface area contributed by atoms with Crippen molar-refractivity contribution in [1.82, 2.24) is 10.6 Å². The number of hydrogen-bond donors (Lipinski definition) is 3. The van der Waals surface area contributed by atoms with Crippen LogP contribution >= 0.6 is 0 Å². The molecule has 0 saturated heterocycles. The third-order valence-corrected chi connectivity index (χ3v) is 2.39. The molecule has 1 rings (SSSR count). The standard InChI is InChI=1S/C13H19FN2O2/c1-9-3-4-12(14)11(7-9)13(18)16-6-5-15-8-10(2)17/h3-4,7,10,15,17H,5-6,8H2,1-2H3,(H,16,18). The lowest BCUT2D eigenvalue weighted by Gasteiger charge is -2.09. The van der Waals surface area contributed by atoms with Crippen LogP contribution in [0.4, 0.5) is 4.39 Å². The fourth-order valence-electron chi connectivity index (χ4n) is 1.48. The highest BCUT2D eigenvalue weighted by molar-refractivity contribution is 5.94. The predicted octanol–water partition coefficient (Wildman–Crippen LogP) is 0.834. The van der Waals surface area contributed by atoms with Crippen molar-refractivity contribution < 1.29 is 14.3 Å². The number of halogens is 1. The summed E-state index contributed by atoms with van der Waals surface area (Å²) in [5.74, 6) is -0.940. The molecule has 3 N–H and O–H groups in total. The van der Waals surface area contributed by atoms with Crippen LogP contribution in [0.5, 0.6) is 0 Å². The summed E-state index contributed by atoms with van der Waals surface area (Å²) in [5.41, 5.74) is 0.902. The van der Waals surface area contributed by atoms with Crippen molar-refractivity contribution in [3.8, 4) is 0 Å². The van der Waals surface area contributed by atoms with Gasteiger partial charge in [0.1, 0.15) is 5.82 Å². The highest BCUT2D eigenvalue weighted by Crippen LogP contribution is 2.09. The zero-order valence-corrected chi connectivity index (χ0v) is 10.7. The maximum atomic E-state index is 13.4. The molecular formula is C13H19FN2O2. The SMILES string of the molecule is Cc1ccc(F)c(C(=O)NCCNCC(C)O)c1. The van der Waals surface area contributed by atoms with Crippen LogP contribution in [-0.2, 0) is 0 Å². The fraction of sp³-hybridized carbons (Fsp3) is 0.462. The highest BCUT2D eigenvalue weighted by Gasteiger charge is 2.10. The van der Waals surface area contributed by atoms with Gasteiger partial charge in [-0.05, 0) is 26.0 Å². The number of carbonyl (C=O) groups is 1. The molecule has 0 saturated carbocycles. The quantitative estimate of drug-likeness (QED) is 0.659. The average molecular weight is 254 g/mol. The monoisotopic (exact) mass is 254 g/mol. The van der Waals surface area contributed by atoms with Crippen LogP contribution < -0.4 is 10.6 Å². The van der Waals surface area contributed by atoms with Gasteiger partial charge in [-0.1, -0.05) is 11.6 Å². The van der Waals surface area contributed by atoms with E-state index in [4.69, 9.17) is 5.11 Å². The Hall–Kier alpha value is -1.46. The maximum Gasteiger partial charge on any atom is 0.254 e. The molecule has 0 aliphatic rings. The van der Waals surface area contributed by atoms with Crippen LogP contribution in [0, 0.1) is 12.7 Å². The van der Waals surface area contributed by atoms with Gasteiger partial charge >= 0.3 is 0 Å². The third-order valence-electron chi connectivity index (χ3n) is 2.39. The number of aliphatic hydroxyl groups excluding tert-OH is 1. The minimum atomic E-state index is -0.518. The number of aliphatic hydroxyl groups is 1. The Morgan fingerprint density at radius 3 is 2.83 bits per heavy atom. The number of hydrogen-bond acceptors (Lipinski definition) is 3. The minimum absolute atomic E-state index is 0.0607. The molecule has 0 aliphatic heterocycles. The Balaban J connectivity index is 2.39. The van der Waals surface area contributed by atoms with Crippen molar-refractivity contribution in [3.05, 3.63) is 35.1 Å². The predicted molar refractivity (Wildman–Crippen MR) is 68.0 cm³/mol. The summed E-state index contributed by atoms with van der Waals surface area (Å²) in [6, 6.07) is 4.43. The third kappa shape index (κ3) is 4.81. The molecule has 18 heavy (non-hydrogen) atoms. The van der Waals surface area contributed by atoms with E-state index in [1.807, 2.05) is 0 Å². The number of amides is 1. The fourth-order valence-corrected chi connectivity index (χ4v) is 1.48. The first-order valence-corrected chi connectivity index (χ1v) is 5.94. The van der Waals surface area contributed by atoms with Crippen molar-refractivity contribution in [2.45, 2.75) is 20.0 Å². The zero-order chi connectivity index (χ0) is 13.5. The molecule has 1 aromatic carbocycles. The summed E-state index contributed by atoms with van der Waals surface area (Å²) in [5, 5.41) is 14.6. The van der Waals surface area contributed by atoms with Gasteiger partial charge in [0.2, 0.25) is 0 Å². The number of nitrogens with one attached hydrogen (secondary N) is 2. The molecule has 0 bridgehead atoms. The Kier molecular flexibility index (Phi) is 5.74. The largest absolute Gasteiger partial charge is 0.392 e. The van der Waals surface area contributed by atoms with E-state index in [0.29, 0.717) is 19.6 Å². The summed E-state index contributed by atoms with van der Waals surface area (Å²) < 4.78 is 13.4. The number of aryl methyl sites for hydroxylation is 1. The molecule has 0 fully saturated rings. The molecule has 1 amide bonds. The van der Waals surface area contributed by atoms with Crippen molar-refractivity contribution in [3.63, 3.8) is 0 Å². The van der Waals surface area contributed by atoms with Crippen molar-refractivity contribution in [2.75, 3.05) is 19.6 Å². The normalized spacial score (nSPS) is 12.2. The van der Waals surface area contributed by atoms with Crippen LogP contribution in [0.3, 0.4) is 0 Å². The molecule has 0 aromatic heterocycles. The van der Waals surface area contributed by atoms with E-state index < -0.39 is 17.8 Å². The summed E-state index contributed by atoms with van der Waals surface area (Å²) in [7, 11) is 0. The topological polar surface area (TPSA) is 61.4 Å². The Bertz CT molecular complexity index is 408. The van der Waals surface area contributed by atoms with Crippen LogP contribution in [0.2, 0.25) is 0 Å². The van der Waals surface area contributed by atoms with Crippen molar-refractivity contribution in [2.24, 2.45) is 0 Å². The molecule has 0 heterocycles. The second-order valence-corrected chi connectivity index (χ2v) is 4.29. The van der Waals surface area contributed by atoms with E-state index in [1.54, 1.807) is 19.9 Å². The molecule has 0 spiro atoms. The van der Waals surface area contributed by atoms with Gasteiger partial charge in [-0.2, -0.15) is 0 Å². The smallest absolute Gasteiger partial charge is 0.254 e. The molecule has 1 atom stereocenters. The summed E-state index contributed by atoms with van der Waals surface area (Å²) >= 11 is 0. The Labute approximate surface area is 106 Å². The van der Waals surface area contributed by atoms with E-state index in [2.05, 4.69) is 10.6 Å². The van der Waals surface area contributed by atoms with Gasteiger partial charge in [0.05, 0.1) is 11.7 Å². The van der Waals surface area contributed by atoms with Gasteiger partial charge < -0.3 is 15.7 Å². The molecule has 4 nitrogen and oxygen atoms in total. The number of carbonyl (C=O) groups excluding carboxylic acids is 1. The Morgan fingerprint density at radius 1 is 1.44 bits per heavy atom. The van der Waals surface area contributed by atoms with Crippen molar-refractivity contribution >= 4 is 5.91 Å². The maximum absolute atomic E-state index is 13.4. The lowest BCUT2D eigenvalue weighted by atomic mass is 10.1. The first-order chi connectivity index (χ1) is 8.50. The van der Waals surface area contributed by atoms with E-state index in [9.17, 15) is 9.18 Å². The van der Waals surface area contributed by atoms with Gasteiger partial charge in [0.15, 0.2) is 0 Å². The van der Waals surface area contributed by atoms with E-state index >= 15 is 0 Å². The molecular weight excluding hydrogens is 235 g/mol. The van der Waals surface area contributed by atoms with Crippen LogP contribution in [-0.4, -0.2) is 36.8 Å². The second-order valence-electron chi connectivity index (χ2n) is 4.29. The zero-order valence-electron chi connectivity index (χ0n) is 10.7. The first kappa shape index (κ1) is 14.6. The number of benzene rings is 1. The lowest BCUT2D eigenvalue weighted by molar-refractivity contribution is 0.0949. The summed E-state index contributed by atoms with van der Waals surface area (Å²) in [4.78, 5) is 11.7. The molecule has 0 radical (unpaired) electrons. The molecule has 5 heteroatoms. The molecule has 100 valence electrons. The highest BCUT2D eigenvalue weighted by atomic mass is 19.1. The summed E-state index contributed by atoms with van der Waals surface area (Å²) in [6.45, 7) is 4.87. The average Bonchev–Trinajstić information content (AvgIpc) is 2.31. The second kappa shape index (κ2) is 7.08. The molecule has 0 aliphatic carbocycles. The molecule has 1 unspecified atom stereocenters. The lowest BCUT2D eigenvalue weighted by Crippen LogP contribution is -2.34. The van der Waals surface area contributed by atoms with Gasteiger partial charge in [0, 0.05) is 19.6 Å². The summed E-state index contributed by atoms with van der Waals surface area (Å²) in [6.07, 6.45) is -0.421. The van der Waals surface area contributed by atoms with Gasteiger partial charge in [0.25, 0.3) is 5.91 Å². The van der Waals surface area contributed by atoms with Crippen molar-refractivity contribution in [1.29, 1.82) is 0 Å². The van der Waals surface area contributed by atoms with Crippen LogP contribution in [0.1, 0.15) is 22.8 Å². The van der Waals surface area contributed by atoms with Gasteiger partial charge in [-0.25, -0.2) is 4.39 Å². The van der Waals surface area contributed by atoms with E-state index in [-0.39, 0.29) is 5.56 Å². The van der Waals surface area contributed by atoms with Crippen LogP contribution in [0.25, 0.3) is 0 Å². The Morgan fingerprint density at radius 2 is 2.17 bits per heavy atom. The number of rotatable bonds is 6. The van der Waals surface area contributed by atoms with Gasteiger partial charge in [-0.15, -0.1) is 0 Å².